The van der Waals surface area contributed by atoms with E-state index in [-0.39, 0.29) is 0 Å². The Morgan fingerprint density at radius 2 is 1.02 bits per heavy atom. The first-order valence-corrected chi connectivity index (χ1v) is 20.1. The van der Waals surface area contributed by atoms with E-state index in [9.17, 15) is 0 Å². The lowest BCUT2D eigenvalue weighted by atomic mass is 9.94. The number of rotatable bonds is 5. The Balaban J connectivity index is 1.03. The molecule has 4 heterocycles. The van der Waals surface area contributed by atoms with Gasteiger partial charge in [-0.3, -0.25) is 0 Å². The van der Waals surface area contributed by atoms with Crippen molar-refractivity contribution in [3.05, 3.63) is 185 Å². The fraction of sp³-hybridized carbons (Fsp3) is 0. The van der Waals surface area contributed by atoms with Crippen LogP contribution in [0.25, 0.3) is 89.2 Å². The molecule has 7 aromatic carbocycles. The number of nitrogens with zero attached hydrogens (tertiary/aromatic N) is 3. The monoisotopic (exact) mass is 804 g/mol. The molecule has 0 bridgehead atoms. The summed E-state index contributed by atoms with van der Waals surface area (Å²) in [6.07, 6.45) is 0. The average Bonchev–Trinajstić information content (AvgIpc) is 3.83. The van der Waals surface area contributed by atoms with Crippen molar-refractivity contribution in [1.82, 2.24) is 19.9 Å². The van der Waals surface area contributed by atoms with Crippen LogP contribution in [0.15, 0.2) is 174 Å². The Bertz CT molecular complexity index is 3030. The van der Waals surface area contributed by atoms with Gasteiger partial charge < -0.3 is 9.40 Å². The lowest BCUT2D eigenvalue weighted by Gasteiger charge is -2.18. The van der Waals surface area contributed by atoms with Crippen molar-refractivity contribution in [2.75, 3.05) is 0 Å². The van der Waals surface area contributed by atoms with Gasteiger partial charge in [-0.2, -0.15) is 0 Å². The molecule has 1 aliphatic rings. The molecule has 0 unspecified atom stereocenters. The molecule has 0 fully saturated rings. The van der Waals surface area contributed by atoms with Crippen molar-refractivity contribution in [3.8, 4) is 56.4 Å². The molecule has 0 atom stereocenters. The summed E-state index contributed by atoms with van der Waals surface area (Å²) in [5, 5.41) is 3.63. The fourth-order valence-corrected chi connectivity index (χ4v) is 10.5. The van der Waals surface area contributed by atoms with Gasteiger partial charge in [-0.05, 0) is 41.0 Å². The number of para-hydroxylation sites is 3. The Kier molecular flexibility index (Phi) is 7.23. The summed E-state index contributed by atoms with van der Waals surface area (Å²) < 4.78 is 9.43. The minimum absolute atomic E-state index is 0.575. The summed E-state index contributed by atoms with van der Waals surface area (Å²) in [6.45, 7) is 0. The number of furan rings is 1. The van der Waals surface area contributed by atoms with Gasteiger partial charge in [0.05, 0.1) is 9.03 Å². The molecule has 0 radical (unpaired) electrons. The van der Waals surface area contributed by atoms with E-state index >= 15 is 0 Å². The lowest BCUT2D eigenvalue weighted by molar-refractivity contribution is 0.608. The van der Waals surface area contributed by atoms with Crippen molar-refractivity contribution in [1.29, 1.82) is 0 Å². The molecule has 10 aromatic rings. The van der Waals surface area contributed by atoms with Crippen LogP contribution in [0.4, 0.5) is 0 Å². The minimum atomic E-state index is -0.575. The van der Waals surface area contributed by atoms with Crippen molar-refractivity contribution in [3.63, 3.8) is 0 Å². The Labute approximate surface area is 320 Å². The fourth-order valence-electron chi connectivity index (χ4n) is 7.58. The highest BCUT2D eigenvalue weighted by Gasteiger charge is 2.27. The average molecular weight is 805 g/mol. The van der Waals surface area contributed by atoms with Crippen LogP contribution < -0.4 is 0 Å². The van der Waals surface area contributed by atoms with E-state index in [0.29, 0.717) is 17.5 Å². The van der Waals surface area contributed by atoms with Crippen LogP contribution >= 0.6 is 20.7 Å². The molecule has 254 valence electrons. The summed E-state index contributed by atoms with van der Waals surface area (Å²) in [5.74, 6) is 2.92. The zero-order valence-electron chi connectivity index (χ0n) is 28.8. The van der Waals surface area contributed by atoms with Crippen LogP contribution in [0.2, 0.25) is 0 Å². The summed E-state index contributed by atoms with van der Waals surface area (Å²) >= 11 is -0.575. The van der Waals surface area contributed by atoms with Crippen LogP contribution in [0, 0.1) is 3.57 Å². The molecule has 5 nitrogen and oxygen atoms in total. The van der Waals surface area contributed by atoms with E-state index in [2.05, 4.69) is 114 Å². The number of benzene rings is 7. The smallest absolute Gasteiger partial charge is 0.164 e. The Hall–Kier alpha value is -6.51. The SMILES string of the molecule is c1ccc(-c2nc(-c3ccccc3)nc(-c3ccc(C4=Ic5ccc(-c6cccc7c6[nH]c6ccccc67)cc5-c5c4oc4ccccc54)cc3)n2)cc1. The van der Waals surface area contributed by atoms with Crippen molar-refractivity contribution < 1.29 is 4.42 Å². The van der Waals surface area contributed by atoms with Gasteiger partial charge in [-0.25, -0.2) is 15.0 Å². The lowest BCUT2D eigenvalue weighted by Crippen LogP contribution is -2.06. The van der Waals surface area contributed by atoms with Crippen molar-refractivity contribution in [2.24, 2.45) is 0 Å². The van der Waals surface area contributed by atoms with E-state index < -0.39 is 20.7 Å². The maximum Gasteiger partial charge on any atom is 0.164 e. The largest absolute Gasteiger partial charge is 0.455 e. The number of nitrogens with one attached hydrogen (secondary N) is 1. The minimum Gasteiger partial charge on any atom is -0.455 e. The van der Waals surface area contributed by atoms with Crippen molar-refractivity contribution in [2.45, 2.75) is 0 Å². The van der Waals surface area contributed by atoms with Gasteiger partial charge in [0.1, 0.15) is 11.3 Å². The molecule has 1 aliphatic heterocycles. The van der Waals surface area contributed by atoms with Gasteiger partial charge in [0.25, 0.3) is 0 Å². The van der Waals surface area contributed by atoms with Crippen LogP contribution in [-0.2, 0) is 0 Å². The highest BCUT2D eigenvalue weighted by atomic mass is 127. The molecule has 1 N–H and O–H groups in total. The Morgan fingerprint density at radius 1 is 0.444 bits per heavy atom. The number of halogens is 1. The Morgan fingerprint density at radius 3 is 1.74 bits per heavy atom. The third-order valence-electron chi connectivity index (χ3n) is 10.2. The second kappa shape index (κ2) is 12.6. The van der Waals surface area contributed by atoms with Crippen LogP contribution in [0.3, 0.4) is 0 Å². The predicted octanol–water partition coefficient (Wildman–Crippen LogP) is 12.3. The van der Waals surface area contributed by atoms with Gasteiger partial charge in [0.15, 0.2) is 17.5 Å². The second-order valence-corrected chi connectivity index (χ2v) is 16.2. The van der Waals surface area contributed by atoms with Gasteiger partial charge >= 0.3 is 0 Å². The molecule has 0 saturated heterocycles. The number of hydrogen-bond acceptors (Lipinski definition) is 4. The number of H-pyrrole nitrogens is 1. The van der Waals surface area contributed by atoms with Crippen molar-refractivity contribution >= 4 is 57.0 Å². The summed E-state index contributed by atoms with van der Waals surface area (Å²) in [5.41, 5.74) is 12.1. The first-order valence-electron chi connectivity index (χ1n) is 17.9. The molecular formula is C48H29IN4O. The van der Waals surface area contributed by atoms with Crippen LogP contribution in [0.1, 0.15) is 11.3 Å². The molecule has 3 aromatic heterocycles. The van der Waals surface area contributed by atoms with Crippen LogP contribution in [0.5, 0.6) is 0 Å². The third-order valence-corrected chi connectivity index (χ3v) is 13.3. The van der Waals surface area contributed by atoms with E-state index in [1.165, 1.54) is 45.6 Å². The first kappa shape index (κ1) is 31.1. The van der Waals surface area contributed by atoms with E-state index in [4.69, 9.17) is 19.4 Å². The topological polar surface area (TPSA) is 67.6 Å². The second-order valence-electron chi connectivity index (χ2n) is 13.4. The third kappa shape index (κ3) is 5.13. The zero-order chi connectivity index (χ0) is 35.6. The maximum atomic E-state index is 6.77. The standard InChI is InChI=1S/C48H29IN4O/c1-3-12-30(13-4-1)46-51-47(31-14-5-2-6-15-31)53-48(52-46)32-24-22-29(23-25-32)43-45-42(37-17-8-10-21-41(37)54-45)38-28-33(26-27-39(38)49-43)34-18-11-19-36-35-16-7-9-20-40(35)50-44(34)36/h1-28,50H. The number of fused-ring (bicyclic) bond motifs is 8. The molecule has 0 aliphatic carbocycles. The van der Waals surface area contributed by atoms with Crippen LogP contribution in [-0.4, -0.2) is 23.4 Å². The van der Waals surface area contributed by atoms with E-state index in [1.807, 2.05) is 60.7 Å². The maximum absolute atomic E-state index is 6.77. The highest BCUT2D eigenvalue weighted by Crippen LogP contribution is 2.47. The zero-order valence-corrected chi connectivity index (χ0v) is 31.0. The summed E-state index contributed by atoms with van der Waals surface area (Å²) in [4.78, 5) is 18.5. The van der Waals surface area contributed by atoms with Gasteiger partial charge in [0.2, 0.25) is 0 Å². The van der Waals surface area contributed by atoms with E-state index in [1.54, 1.807) is 0 Å². The molecule has 0 saturated carbocycles. The van der Waals surface area contributed by atoms with E-state index in [0.717, 1.165) is 44.5 Å². The number of aromatic amines is 1. The van der Waals surface area contributed by atoms with Gasteiger partial charge in [-0.15, -0.1) is 0 Å². The van der Waals surface area contributed by atoms with Gasteiger partial charge in [-0.1, -0.05) is 166 Å². The normalized spacial score (nSPS) is 12.3. The summed E-state index contributed by atoms with van der Waals surface area (Å²) in [6, 6.07) is 59.4. The van der Waals surface area contributed by atoms with Gasteiger partial charge in [0, 0.05) is 53.1 Å². The summed E-state index contributed by atoms with van der Waals surface area (Å²) in [7, 11) is 0. The first-order chi connectivity index (χ1) is 26.7. The molecular weight excluding hydrogens is 775 g/mol. The predicted molar refractivity (Wildman–Crippen MR) is 229 cm³/mol. The molecule has 54 heavy (non-hydrogen) atoms. The molecule has 6 heteroatoms. The number of hydrogen-bond donors (Lipinski definition) is 1. The molecule has 0 spiro atoms. The molecule has 0 amide bonds. The number of aromatic nitrogens is 4. The molecule has 11 rings (SSSR count). The quantitative estimate of drug-likeness (QED) is 0.176. The highest BCUT2D eigenvalue weighted by molar-refractivity contribution is 14.2.